The molecule has 100 heavy (non-hydrogen) atoms. The number of alkyl carbamates (subject to hydrolysis) is 2. The topological polar surface area (TPSA) is 398 Å². The van der Waals surface area contributed by atoms with Crippen LogP contribution in [0, 0.1) is 23.7 Å². The maximum absolute atomic E-state index is 13.3. The van der Waals surface area contributed by atoms with E-state index in [9.17, 15) is 50.4 Å². The number of ether oxygens (including phenoxy) is 10. The van der Waals surface area contributed by atoms with Crippen molar-refractivity contribution in [2.75, 3.05) is 158 Å². The molecule has 32 nitrogen and oxygen atoms in total. The van der Waals surface area contributed by atoms with E-state index in [0.29, 0.717) is 167 Å². The highest BCUT2D eigenvalue weighted by Crippen LogP contribution is 2.23. The second kappa shape index (κ2) is 50.6. The number of hydrogen-bond acceptors (Lipinski definition) is 24. The number of aliphatic carboxylic acids is 1. The molecule has 1 aliphatic heterocycles. The Bertz CT molecular complexity index is 3030. The summed E-state index contributed by atoms with van der Waals surface area (Å²) in [5, 5.41) is 31.0. The molecule has 3 heterocycles. The number of aromatic nitrogens is 5. The van der Waals surface area contributed by atoms with Crippen LogP contribution in [-0.2, 0) is 101 Å². The van der Waals surface area contributed by atoms with Crippen LogP contribution in [0.2, 0.25) is 0 Å². The molecule has 1 fully saturated rings. The molecule has 562 valence electrons. The molecule has 4 rings (SSSR count). The fraction of sp³-hybridized carbons (Fsp3) is 0.672. The predicted molar refractivity (Wildman–Crippen MR) is 354 cm³/mol. The minimum absolute atomic E-state index is 0.129. The van der Waals surface area contributed by atoms with Crippen LogP contribution in [0.3, 0.4) is 0 Å². The van der Waals surface area contributed by atoms with Gasteiger partial charge in [0.2, 0.25) is 38.6 Å². The van der Waals surface area contributed by atoms with Crippen LogP contribution in [0.5, 0.6) is 0 Å². The van der Waals surface area contributed by atoms with Crippen molar-refractivity contribution in [2.45, 2.75) is 121 Å². The van der Waals surface area contributed by atoms with Crippen molar-refractivity contribution in [2.24, 2.45) is 11.8 Å². The zero-order valence-electron chi connectivity index (χ0n) is 57.8. The fourth-order valence-corrected chi connectivity index (χ4v) is 9.38. The maximum atomic E-state index is 13.3. The number of nitrogens with one attached hydrogen (secondary N) is 6. The summed E-state index contributed by atoms with van der Waals surface area (Å²) in [5.41, 5.74) is 2.36. The highest BCUT2D eigenvalue weighted by Gasteiger charge is 2.38. The molecule has 0 radical (unpaired) electrons. The second-order valence-electron chi connectivity index (χ2n) is 22.8. The summed E-state index contributed by atoms with van der Waals surface area (Å²) >= 11 is 0. The summed E-state index contributed by atoms with van der Waals surface area (Å²) in [5.74, 6) is 2.13. The SMILES string of the molecule is CNC(=O)OCC(Cc1ccc(NC(=O)[C@H](C)NC(=O)[C@@H](NC(=O)CCCC2CCN(CCOCCOCCOCCOCCOCCOCCOCCOCCn3cc(CNC(=O)CCCC#Cc4cnc(S(C)(=O)=O)nc4)nn3)CC2)C(C)C)cc1)OC(=O)NC.O=C(O)C(F)(F)F. The third-order valence-corrected chi connectivity index (χ3v) is 15.2. The Labute approximate surface area is 581 Å². The van der Waals surface area contributed by atoms with Crippen molar-refractivity contribution >= 4 is 57.3 Å². The van der Waals surface area contributed by atoms with Crippen LogP contribution < -0.4 is 31.9 Å². The van der Waals surface area contributed by atoms with E-state index in [-0.39, 0.29) is 42.5 Å². The van der Waals surface area contributed by atoms with Crippen molar-refractivity contribution in [3.05, 3.63) is 59.7 Å². The Kier molecular flexibility index (Phi) is 43.7. The number of anilines is 1. The van der Waals surface area contributed by atoms with Crippen LogP contribution in [-0.4, -0.2) is 262 Å². The Morgan fingerprint density at radius 2 is 1.20 bits per heavy atom. The lowest BCUT2D eigenvalue weighted by atomic mass is 9.91. The highest BCUT2D eigenvalue weighted by atomic mass is 32.2. The van der Waals surface area contributed by atoms with Crippen molar-refractivity contribution in [3.63, 3.8) is 0 Å². The van der Waals surface area contributed by atoms with Crippen LogP contribution in [0.15, 0.2) is 48.0 Å². The van der Waals surface area contributed by atoms with Crippen molar-refractivity contribution in [1.82, 2.24) is 56.4 Å². The molecule has 1 aliphatic rings. The summed E-state index contributed by atoms with van der Waals surface area (Å²) in [7, 11) is -0.625. The van der Waals surface area contributed by atoms with Gasteiger partial charge in [0.05, 0.1) is 131 Å². The molecule has 1 saturated heterocycles. The number of carboxylic acid groups (broad SMARTS) is 1. The molecule has 3 aromatic rings. The highest BCUT2D eigenvalue weighted by molar-refractivity contribution is 7.90. The van der Waals surface area contributed by atoms with E-state index >= 15 is 0 Å². The number of halogens is 3. The molecule has 0 aliphatic carbocycles. The van der Waals surface area contributed by atoms with Crippen LogP contribution in [0.4, 0.5) is 28.4 Å². The van der Waals surface area contributed by atoms with E-state index in [4.69, 9.17) is 57.3 Å². The minimum Gasteiger partial charge on any atom is -0.475 e. The number of piperidine rings is 1. The van der Waals surface area contributed by atoms with Gasteiger partial charge in [0.25, 0.3) is 0 Å². The van der Waals surface area contributed by atoms with Crippen LogP contribution >= 0.6 is 0 Å². The number of carbonyl (C=O) groups excluding carboxylic acids is 6. The smallest absolute Gasteiger partial charge is 0.475 e. The molecular formula is C64H99F3N12O20S. The Morgan fingerprint density at radius 3 is 1.70 bits per heavy atom. The lowest BCUT2D eigenvalue weighted by Gasteiger charge is -2.31. The number of benzene rings is 1. The quantitative estimate of drug-likeness (QED) is 0.0243. The first-order valence-corrected chi connectivity index (χ1v) is 34.8. The largest absolute Gasteiger partial charge is 0.490 e. The number of unbranched alkanes of at least 4 members (excludes halogenated alkanes) is 1. The molecular weight excluding hydrogens is 1350 g/mol. The Balaban J connectivity index is 0.00000351. The third-order valence-electron chi connectivity index (χ3n) is 14.3. The summed E-state index contributed by atoms with van der Waals surface area (Å²) in [4.78, 5) is 93.9. The molecule has 2 aromatic heterocycles. The number of nitrogens with zero attached hydrogens (tertiary/aromatic N) is 6. The first kappa shape index (κ1) is 86.5. The van der Waals surface area contributed by atoms with Gasteiger partial charge in [-0.3, -0.25) is 19.2 Å². The molecule has 1 aromatic carbocycles. The summed E-state index contributed by atoms with van der Waals surface area (Å²) in [6, 6.07) is 5.11. The van der Waals surface area contributed by atoms with Crippen LogP contribution in [0.25, 0.3) is 0 Å². The zero-order valence-corrected chi connectivity index (χ0v) is 58.6. The van der Waals surface area contributed by atoms with E-state index in [1.807, 2.05) is 13.8 Å². The standard InChI is InChI=1S/C62H98N12O18S.C2HF3O2/c1-47(2)57(59(78)68-48(3)58(77)69-52-17-15-50(16-18-52)41-54(92-62(80)64-5)46-91-61(79)63-4)70-56(76)14-10-12-49-19-21-73(22-20-49)23-25-83-27-29-85-31-33-87-35-37-89-39-40-90-38-36-88-34-32-86-30-28-84-26-24-74-45-53(71-72-74)44-65-55(75)13-9-7-8-11-51-42-66-60(67-43-51)93(6,81)82;3-2(4,5)1(6)7/h15-18,42-43,45,47-49,54,57H,7,9-10,12-14,19-41,44,46H2,1-6H3,(H,63,79)(H,64,80)(H,65,75)(H,68,78)(H,69,77)(H,70,76);(H,6,7)/t48-,54?,57-;/m0./s1. The van der Waals surface area contributed by atoms with Gasteiger partial charge in [-0.05, 0) is 81.6 Å². The molecule has 1 unspecified atom stereocenters. The molecule has 7 N–H and O–H groups in total. The van der Waals surface area contributed by atoms with E-state index in [1.54, 1.807) is 42.1 Å². The van der Waals surface area contributed by atoms with Gasteiger partial charge in [0, 0.05) is 70.7 Å². The zero-order chi connectivity index (χ0) is 73.4. The number of rotatable bonds is 48. The van der Waals surface area contributed by atoms with Gasteiger partial charge in [0.15, 0.2) is 0 Å². The lowest BCUT2D eigenvalue weighted by Crippen LogP contribution is -2.53. The maximum Gasteiger partial charge on any atom is 0.490 e. The Morgan fingerprint density at radius 1 is 0.690 bits per heavy atom. The summed E-state index contributed by atoms with van der Waals surface area (Å²) in [6.07, 6.45) is 3.95. The average molecular weight is 1450 g/mol. The number of alkyl halides is 3. The average Bonchev–Trinajstić information content (AvgIpc) is 1.10. The number of hydrogen-bond donors (Lipinski definition) is 7. The van der Waals surface area contributed by atoms with Crippen molar-refractivity contribution < 1.29 is 108 Å². The normalized spacial score (nSPS) is 13.5. The van der Waals surface area contributed by atoms with E-state index in [2.05, 4.69) is 68.9 Å². The molecule has 6 amide bonds. The minimum atomic E-state index is -5.08. The van der Waals surface area contributed by atoms with Gasteiger partial charge < -0.3 is 89.3 Å². The number of likely N-dealkylation sites (tertiary alicyclic amines) is 1. The van der Waals surface area contributed by atoms with Gasteiger partial charge in [-0.2, -0.15) is 13.2 Å². The molecule has 0 saturated carbocycles. The van der Waals surface area contributed by atoms with Crippen molar-refractivity contribution in [1.29, 1.82) is 0 Å². The van der Waals surface area contributed by atoms with Crippen LogP contribution in [0.1, 0.15) is 89.0 Å². The molecule has 3 atom stereocenters. The van der Waals surface area contributed by atoms with Crippen molar-refractivity contribution in [3.8, 4) is 11.8 Å². The first-order valence-electron chi connectivity index (χ1n) is 32.9. The Hall–Kier alpha value is -7.73. The van der Waals surface area contributed by atoms with E-state index in [0.717, 1.165) is 50.7 Å². The molecule has 0 spiro atoms. The lowest BCUT2D eigenvalue weighted by molar-refractivity contribution is -0.192. The second-order valence-corrected chi connectivity index (χ2v) is 24.8. The third kappa shape index (κ3) is 41.1. The van der Waals surface area contributed by atoms with E-state index in [1.165, 1.54) is 26.5 Å². The predicted octanol–water partition coefficient (Wildman–Crippen LogP) is 2.87. The number of amides is 6. The van der Waals surface area contributed by atoms with Gasteiger partial charge >= 0.3 is 24.3 Å². The fourth-order valence-electron chi connectivity index (χ4n) is 8.90. The van der Waals surface area contributed by atoms with Gasteiger partial charge in [-0.1, -0.05) is 43.0 Å². The number of sulfone groups is 1. The van der Waals surface area contributed by atoms with Gasteiger partial charge in [0.1, 0.15) is 30.5 Å². The molecule has 0 bridgehead atoms. The van der Waals surface area contributed by atoms with E-state index < -0.39 is 64.2 Å². The summed E-state index contributed by atoms with van der Waals surface area (Å²) < 4.78 is 112. The summed E-state index contributed by atoms with van der Waals surface area (Å²) in [6.45, 7) is 16.0. The molecule has 36 heteroatoms. The monoisotopic (exact) mass is 1440 g/mol. The number of carboxylic acids is 1. The number of carbonyl (C=O) groups is 7. The first-order chi connectivity index (χ1) is 47.9. The van der Waals surface area contributed by atoms with Gasteiger partial charge in [-0.25, -0.2) is 37.5 Å². The van der Waals surface area contributed by atoms with Gasteiger partial charge in [-0.15, -0.1) is 5.10 Å².